The third-order valence-electron chi connectivity index (χ3n) is 4.89. The predicted octanol–water partition coefficient (Wildman–Crippen LogP) is 5.45. The lowest BCUT2D eigenvalue weighted by atomic mass is 10.0. The summed E-state index contributed by atoms with van der Waals surface area (Å²) in [5.74, 6) is -2.25. The topological polar surface area (TPSA) is 96.9 Å². The number of esters is 1. The molecule has 2 N–H and O–H groups in total. The Morgan fingerprint density at radius 1 is 0.800 bits per heavy atom. The number of hydrogen-bond donors (Lipinski definition) is 2. The van der Waals surface area contributed by atoms with Gasteiger partial charge in [0.15, 0.2) is 0 Å². The molecule has 0 bridgehead atoms. The van der Waals surface area contributed by atoms with Gasteiger partial charge in [-0.15, -0.1) is 0 Å². The van der Waals surface area contributed by atoms with Crippen molar-refractivity contribution in [2.45, 2.75) is 0 Å². The van der Waals surface area contributed by atoms with Crippen molar-refractivity contribution in [2.24, 2.45) is 5.10 Å². The summed E-state index contributed by atoms with van der Waals surface area (Å²) < 4.78 is 5.60. The zero-order chi connectivity index (χ0) is 24.8. The van der Waals surface area contributed by atoms with Crippen molar-refractivity contribution in [3.63, 3.8) is 0 Å². The molecule has 0 saturated heterocycles. The molecular formula is C26H17Cl2N3O4. The Bertz CT molecular complexity index is 1460. The number of carbonyl (C=O) groups excluding carboxylic acids is 3. The van der Waals surface area contributed by atoms with Crippen LogP contribution in [-0.4, -0.2) is 24.0 Å². The molecule has 4 aromatic carbocycles. The van der Waals surface area contributed by atoms with Crippen LogP contribution in [0.4, 0.5) is 5.69 Å². The van der Waals surface area contributed by atoms with Gasteiger partial charge < -0.3 is 10.1 Å². The van der Waals surface area contributed by atoms with E-state index >= 15 is 0 Å². The van der Waals surface area contributed by atoms with Crippen molar-refractivity contribution in [3.8, 4) is 5.75 Å². The molecule has 0 fully saturated rings. The third-order valence-corrected chi connectivity index (χ3v) is 5.63. The van der Waals surface area contributed by atoms with Gasteiger partial charge >= 0.3 is 17.8 Å². The Balaban J connectivity index is 1.53. The average molecular weight is 506 g/mol. The molecule has 0 aliphatic heterocycles. The molecule has 0 heterocycles. The molecular weight excluding hydrogens is 489 g/mol. The lowest BCUT2D eigenvalue weighted by Gasteiger charge is -2.10. The first kappa shape index (κ1) is 23.9. The molecule has 4 aromatic rings. The van der Waals surface area contributed by atoms with Gasteiger partial charge in [0.2, 0.25) is 0 Å². The predicted molar refractivity (Wildman–Crippen MR) is 136 cm³/mol. The van der Waals surface area contributed by atoms with Crippen molar-refractivity contribution in [2.75, 3.05) is 5.32 Å². The van der Waals surface area contributed by atoms with E-state index in [1.54, 1.807) is 36.4 Å². The second kappa shape index (κ2) is 10.8. The fraction of sp³-hybridized carbons (Fsp3) is 0. The van der Waals surface area contributed by atoms with E-state index in [9.17, 15) is 14.4 Å². The van der Waals surface area contributed by atoms with Gasteiger partial charge in [-0.1, -0.05) is 71.7 Å². The van der Waals surface area contributed by atoms with Crippen LogP contribution in [0.25, 0.3) is 10.8 Å². The summed E-state index contributed by atoms with van der Waals surface area (Å²) in [6.45, 7) is 0. The summed E-state index contributed by atoms with van der Waals surface area (Å²) in [4.78, 5) is 37.0. The Hall–Kier alpha value is -4.20. The number of hydrogen-bond acceptors (Lipinski definition) is 5. The molecule has 0 aliphatic carbocycles. The molecule has 2 amide bonds. The van der Waals surface area contributed by atoms with Crippen LogP contribution in [-0.2, 0) is 9.59 Å². The maximum Gasteiger partial charge on any atom is 0.343 e. The Morgan fingerprint density at radius 3 is 2.31 bits per heavy atom. The van der Waals surface area contributed by atoms with Crippen molar-refractivity contribution < 1.29 is 19.1 Å². The number of anilines is 1. The maximum atomic E-state index is 12.6. The number of nitrogens with zero attached hydrogens (tertiary/aromatic N) is 1. The van der Waals surface area contributed by atoms with E-state index in [4.69, 9.17) is 27.9 Å². The van der Waals surface area contributed by atoms with E-state index in [-0.39, 0.29) is 10.8 Å². The van der Waals surface area contributed by atoms with Crippen molar-refractivity contribution >= 4 is 63.7 Å². The standard InChI is InChI=1S/C26H17Cl2N3O4/c27-21-12-11-18(14-22(21)28)30-24(32)25(33)31-29-15-20-19-9-5-4-6-16(19)10-13-23(20)35-26(34)17-7-2-1-3-8-17/h1-15H,(H,30,32)(H,31,33)/b29-15+. The molecule has 0 spiro atoms. The molecule has 4 rings (SSSR count). The van der Waals surface area contributed by atoms with E-state index in [1.807, 2.05) is 30.3 Å². The quantitative estimate of drug-likeness (QED) is 0.124. The first-order chi connectivity index (χ1) is 16.9. The zero-order valence-corrected chi connectivity index (χ0v) is 19.5. The number of rotatable bonds is 5. The first-order valence-corrected chi connectivity index (χ1v) is 11.1. The number of hydrazone groups is 1. The molecule has 0 radical (unpaired) electrons. The van der Waals surface area contributed by atoms with Gasteiger partial charge in [0.25, 0.3) is 0 Å². The van der Waals surface area contributed by atoms with Crippen LogP contribution in [0.3, 0.4) is 0 Å². The number of halogens is 2. The van der Waals surface area contributed by atoms with E-state index < -0.39 is 17.8 Å². The maximum absolute atomic E-state index is 12.6. The number of nitrogens with one attached hydrogen (secondary N) is 2. The minimum Gasteiger partial charge on any atom is -0.422 e. The molecule has 35 heavy (non-hydrogen) atoms. The highest BCUT2D eigenvalue weighted by Crippen LogP contribution is 2.28. The van der Waals surface area contributed by atoms with Crippen LogP contribution in [0.15, 0.2) is 90.0 Å². The minimum atomic E-state index is -1.00. The SMILES string of the molecule is O=C(N/N=C/c1c(OC(=O)c2ccccc2)ccc2ccccc12)C(=O)Nc1ccc(Cl)c(Cl)c1. The van der Waals surface area contributed by atoms with Crippen molar-refractivity contribution in [3.05, 3.63) is 106 Å². The zero-order valence-electron chi connectivity index (χ0n) is 18.0. The van der Waals surface area contributed by atoms with Crippen LogP contribution >= 0.6 is 23.2 Å². The summed E-state index contributed by atoms with van der Waals surface area (Å²) in [6, 6.07) is 23.8. The smallest absolute Gasteiger partial charge is 0.343 e. The number of ether oxygens (including phenoxy) is 1. The normalized spacial score (nSPS) is 10.8. The Labute approximate surface area is 210 Å². The molecule has 0 saturated carbocycles. The summed E-state index contributed by atoms with van der Waals surface area (Å²) >= 11 is 11.8. The van der Waals surface area contributed by atoms with Crippen molar-refractivity contribution in [1.82, 2.24) is 5.43 Å². The fourth-order valence-corrected chi connectivity index (χ4v) is 3.50. The van der Waals surface area contributed by atoms with E-state index in [1.165, 1.54) is 24.4 Å². The summed E-state index contributed by atoms with van der Waals surface area (Å²) in [5, 5.41) is 8.47. The number of fused-ring (bicyclic) bond motifs is 1. The highest BCUT2D eigenvalue weighted by Gasteiger charge is 2.15. The van der Waals surface area contributed by atoms with Gasteiger partial charge in [-0.05, 0) is 47.2 Å². The number of benzene rings is 4. The van der Waals surface area contributed by atoms with Gasteiger partial charge in [0.1, 0.15) is 5.75 Å². The third kappa shape index (κ3) is 5.84. The molecule has 0 aromatic heterocycles. The molecule has 174 valence electrons. The fourth-order valence-electron chi connectivity index (χ4n) is 3.20. The van der Waals surface area contributed by atoms with Gasteiger partial charge in [0.05, 0.1) is 21.8 Å². The largest absolute Gasteiger partial charge is 0.422 e. The van der Waals surface area contributed by atoms with Crippen LogP contribution < -0.4 is 15.5 Å². The summed E-state index contributed by atoms with van der Waals surface area (Å²) in [6.07, 6.45) is 1.32. The lowest BCUT2D eigenvalue weighted by molar-refractivity contribution is -0.136. The average Bonchev–Trinajstić information content (AvgIpc) is 2.87. The van der Waals surface area contributed by atoms with Gasteiger partial charge in [0, 0.05) is 11.3 Å². The second-order valence-electron chi connectivity index (χ2n) is 7.24. The van der Waals surface area contributed by atoms with Gasteiger partial charge in [-0.25, -0.2) is 10.2 Å². The minimum absolute atomic E-state index is 0.233. The van der Waals surface area contributed by atoms with E-state index in [0.717, 1.165) is 10.8 Å². The van der Waals surface area contributed by atoms with Crippen LogP contribution in [0.5, 0.6) is 5.75 Å². The van der Waals surface area contributed by atoms with Crippen LogP contribution in [0.2, 0.25) is 10.0 Å². The van der Waals surface area contributed by atoms with E-state index in [0.29, 0.717) is 21.8 Å². The van der Waals surface area contributed by atoms with Crippen LogP contribution in [0.1, 0.15) is 15.9 Å². The highest BCUT2D eigenvalue weighted by molar-refractivity contribution is 6.43. The molecule has 7 nitrogen and oxygen atoms in total. The molecule has 0 unspecified atom stereocenters. The van der Waals surface area contributed by atoms with E-state index in [2.05, 4.69) is 15.8 Å². The van der Waals surface area contributed by atoms with Crippen molar-refractivity contribution in [1.29, 1.82) is 0 Å². The Kier molecular flexibility index (Phi) is 7.40. The van der Waals surface area contributed by atoms with Gasteiger partial charge in [-0.2, -0.15) is 5.10 Å². The van der Waals surface area contributed by atoms with Gasteiger partial charge in [-0.3, -0.25) is 9.59 Å². The number of carbonyl (C=O) groups is 3. The van der Waals surface area contributed by atoms with Crippen LogP contribution in [0, 0.1) is 0 Å². The summed E-state index contributed by atoms with van der Waals surface area (Å²) in [5.41, 5.74) is 3.31. The second-order valence-corrected chi connectivity index (χ2v) is 8.05. The number of amides is 2. The molecule has 0 aliphatic rings. The molecule has 0 atom stereocenters. The monoisotopic (exact) mass is 505 g/mol. The highest BCUT2D eigenvalue weighted by atomic mass is 35.5. The lowest BCUT2D eigenvalue weighted by Crippen LogP contribution is -2.32. The first-order valence-electron chi connectivity index (χ1n) is 10.3. The molecule has 9 heteroatoms. The summed E-state index contributed by atoms with van der Waals surface area (Å²) in [7, 11) is 0. The Morgan fingerprint density at radius 2 is 1.54 bits per heavy atom.